The maximum Gasteiger partial charge on any atom is 0.573 e. The number of anilines is 1. The number of alkyl halides is 3. The molecule has 1 fully saturated rings. The highest BCUT2D eigenvalue weighted by molar-refractivity contribution is 8.15. The van der Waals surface area contributed by atoms with Gasteiger partial charge in [0.15, 0.2) is 11.0 Å². The van der Waals surface area contributed by atoms with E-state index in [-0.39, 0.29) is 23.3 Å². The third-order valence-electron chi connectivity index (χ3n) is 6.71. The molecule has 0 saturated carbocycles. The van der Waals surface area contributed by atoms with E-state index in [9.17, 15) is 22.8 Å². The summed E-state index contributed by atoms with van der Waals surface area (Å²) in [7, 11) is 0. The topological polar surface area (TPSA) is 102 Å². The molecular formula is C31H29F3N6O3S. The molecule has 1 saturated heterocycles. The van der Waals surface area contributed by atoms with Crippen molar-refractivity contribution in [3.63, 3.8) is 0 Å². The minimum Gasteiger partial charge on any atom is -0.406 e. The summed E-state index contributed by atoms with van der Waals surface area (Å²) in [6.45, 7) is 6.43. The van der Waals surface area contributed by atoms with E-state index < -0.39 is 12.4 Å². The first-order chi connectivity index (χ1) is 21.0. The number of hydrogen-bond acceptors (Lipinski definition) is 6. The monoisotopic (exact) mass is 622 g/mol. The molecule has 228 valence electrons. The van der Waals surface area contributed by atoms with Crippen LogP contribution in [0.2, 0.25) is 0 Å². The standard InChI is InChI=1S/C31H29F3N6O3S/c1-19(2)25-15-20(3)7-12-26(25)40-27(41)17-44-30(40)37-29(42)35-14-13-21-5-4-6-22(16-21)28-36-18-39(38-28)23-8-10-24(11-9-23)43-31(32,33)34/h4-12,15-16,18-19H,13-14,17H2,1-3H3,(H,35,42)/b37-30-. The lowest BCUT2D eigenvalue weighted by Crippen LogP contribution is -2.32. The van der Waals surface area contributed by atoms with Crippen molar-refractivity contribution >= 4 is 34.6 Å². The molecule has 44 heavy (non-hydrogen) atoms. The van der Waals surface area contributed by atoms with E-state index in [1.165, 1.54) is 51.9 Å². The van der Waals surface area contributed by atoms with Gasteiger partial charge >= 0.3 is 12.4 Å². The van der Waals surface area contributed by atoms with Crippen molar-refractivity contribution in [1.82, 2.24) is 20.1 Å². The summed E-state index contributed by atoms with van der Waals surface area (Å²) in [6.07, 6.45) is -2.78. The number of benzene rings is 3. The van der Waals surface area contributed by atoms with Crippen LogP contribution in [-0.4, -0.2) is 50.5 Å². The van der Waals surface area contributed by atoms with Crippen LogP contribution in [0.3, 0.4) is 0 Å². The van der Waals surface area contributed by atoms with E-state index in [4.69, 9.17) is 0 Å². The van der Waals surface area contributed by atoms with Crippen molar-refractivity contribution in [1.29, 1.82) is 0 Å². The lowest BCUT2D eigenvalue weighted by Gasteiger charge is -2.22. The Morgan fingerprint density at radius 3 is 2.61 bits per heavy atom. The number of ether oxygens (including phenoxy) is 1. The Bertz CT molecular complexity index is 1700. The summed E-state index contributed by atoms with van der Waals surface area (Å²) in [5.74, 6) is 0.385. The Morgan fingerprint density at radius 2 is 1.89 bits per heavy atom. The van der Waals surface area contributed by atoms with Crippen molar-refractivity contribution < 1.29 is 27.5 Å². The van der Waals surface area contributed by atoms with E-state index in [1.807, 2.05) is 43.3 Å². The zero-order valence-electron chi connectivity index (χ0n) is 24.1. The van der Waals surface area contributed by atoms with Gasteiger partial charge in [-0.3, -0.25) is 9.69 Å². The first-order valence-corrected chi connectivity index (χ1v) is 14.8. The van der Waals surface area contributed by atoms with Crippen LogP contribution >= 0.6 is 11.8 Å². The van der Waals surface area contributed by atoms with E-state index in [2.05, 4.69) is 45.0 Å². The number of amides is 3. The zero-order chi connectivity index (χ0) is 31.4. The number of amidine groups is 1. The zero-order valence-corrected chi connectivity index (χ0v) is 24.9. The average molecular weight is 623 g/mol. The largest absolute Gasteiger partial charge is 0.573 e. The number of nitrogens with one attached hydrogen (secondary N) is 1. The molecule has 1 N–H and O–H groups in total. The molecule has 13 heteroatoms. The number of carbonyl (C=O) groups excluding carboxylic acids is 2. The SMILES string of the molecule is Cc1ccc(N2C(=O)CS/C2=N\C(=O)NCCc2cccc(-c3ncn(-c4ccc(OC(F)(F)F)cc4)n3)c2)c(C(C)C)c1. The van der Waals surface area contributed by atoms with Gasteiger partial charge in [0.25, 0.3) is 0 Å². The summed E-state index contributed by atoms with van der Waals surface area (Å²) in [6, 6.07) is 18.2. The Labute approximate surface area is 256 Å². The number of carbonyl (C=O) groups is 2. The van der Waals surface area contributed by atoms with Gasteiger partial charge in [-0.05, 0) is 66.8 Å². The van der Waals surface area contributed by atoms with Gasteiger partial charge in [-0.1, -0.05) is 61.5 Å². The van der Waals surface area contributed by atoms with Gasteiger partial charge in [-0.2, -0.15) is 4.99 Å². The summed E-state index contributed by atoms with van der Waals surface area (Å²) in [4.78, 5) is 35.5. The highest BCUT2D eigenvalue weighted by Crippen LogP contribution is 2.34. The lowest BCUT2D eigenvalue weighted by molar-refractivity contribution is -0.274. The second kappa shape index (κ2) is 12.9. The Balaban J connectivity index is 1.21. The van der Waals surface area contributed by atoms with E-state index >= 15 is 0 Å². The van der Waals surface area contributed by atoms with Crippen molar-refractivity contribution in [2.45, 2.75) is 39.5 Å². The van der Waals surface area contributed by atoms with Crippen molar-refractivity contribution in [3.05, 3.63) is 89.7 Å². The molecule has 3 aromatic carbocycles. The Hall–Kier alpha value is -4.65. The van der Waals surface area contributed by atoms with Crippen LogP contribution in [0.15, 0.2) is 78.0 Å². The van der Waals surface area contributed by atoms with Crippen LogP contribution in [-0.2, 0) is 11.2 Å². The van der Waals surface area contributed by atoms with Crippen molar-refractivity contribution in [3.8, 4) is 22.8 Å². The van der Waals surface area contributed by atoms with Gasteiger partial charge in [-0.25, -0.2) is 14.5 Å². The van der Waals surface area contributed by atoms with Crippen LogP contribution in [0.4, 0.5) is 23.7 Å². The smallest absolute Gasteiger partial charge is 0.406 e. The van der Waals surface area contributed by atoms with Gasteiger partial charge in [0, 0.05) is 12.1 Å². The van der Waals surface area contributed by atoms with Crippen molar-refractivity contribution in [2.75, 3.05) is 17.2 Å². The predicted octanol–water partition coefficient (Wildman–Crippen LogP) is 6.65. The maximum atomic E-state index is 12.8. The summed E-state index contributed by atoms with van der Waals surface area (Å²) < 4.78 is 42.6. The average Bonchev–Trinajstić information content (AvgIpc) is 3.60. The van der Waals surface area contributed by atoms with E-state index in [0.717, 1.165) is 27.9 Å². The van der Waals surface area contributed by atoms with Crippen molar-refractivity contribution in [2.24, 2.45) is 4.99 Å². The first kappa shape index (κ1) is 30.8. The molecule has 0 radical (unpaired) electrons. The van der Waals surface area contributed by atoms with E-state index in [0.29, 0.717) is 29.6 Å². The number of aryl methyl sites for hydroxylation is 1. The number of rotatable bonds is 8. The number of nitrogens with zero attached hydrogens (tertiary/aromatic N) is 5. The van der Waals surface area contributed by atoms with Crippen LogP contribution in [0, 0.1) is 6.92 Å². The molecule has 1 aliphatic heterocycles. The van der Waals surface area contributed by atoms with Crippen LogP contribution in [0.5, 0.6) is 5.75 Å². The molecule has 2 heterocycles. The first-order valence-electron chi connectivity index (χ1n) is 13.8. The minimum absolute atomic E-state index is 0.118. The van der Waals surface area contributed by atoms with Gasteiger partial charge in [0.05, 0.1) is 17.1 Å². The molecule has 1 aromatic heterocycles. The normalized spacial score (nSPS) is 14.5. The number of hydrogen-bond donors (Lipinski definition) is 1. The molecule has 0 unspecified atom stereocenters. The summed E-state index contributed by atoms with van der Waals surface area (Å²) in [5.41, 5.74) is 5.03. The number of aromatic nitrogens is 3. The van der Waals surface area contributed by atoms with Gasteiger partial charge in [-0.15, -0.1) is 18.3 Å². The van der Waals surface area contributed by atoms with Crippen LogP contribution < -0.4 is 15.0 Å². The van der Waals surface area contributed by atoms with E-state index in [1.54, 1.807) is 0 Å². The van der Waals surface area contributed by atoms with Gasteiger partial charge in [0.1, 0.15) is 12.1 Å². The highest BCUT2D eigenvalue weighted by Gasteiger charge is 2.32. The fourth-order valence-electron chi connectivity index (χ4n) is 4.65. The fourth-order valence-corrected chi connectivity index (χ4v) is 5.51. The fraction of sp³-hybridized carbons (Fsp3) is 0.258. The second-order valence-electron chi connectivity index (χ2n) is 10.4. The van der Waals surface area contributed by atoms with Gasteiger partial charge < -0.3 is 10.1 Å². The second-order valence-corrected chi connectivity index (χ2v) is 11.3. The molecular weight excluding hydrogens is 593 g/mol. The molecule has 0 aliphatic carbocycles. The molecule has 4 aromatic rings. The van der Waals surface area contributed by atoms with Crippen LogP contribution in [0.25, 0.3) is 17.1 Å². The number of aliphatic imine (C=N–C) groups is 1. The number of urea groups is 1. The molecule has 3 amide bonds. The highest BCUT2D eigenvalue weighted by atomic mass is 32.2. The quantitative estimate of drug-likeness (QED) is 0.236. The number of thioether (sulfide) groups is 1. The van der Waals surface area contributed by atoms with Crippen LogP contribution in [0.1, 0.15) is 36.5 Å². The summed E-state index contributed by atoms with van der Waals surface area (Å²) >= 11 is 1.24. The summed E-state index contributed by atoms with van der Waals surface area (Å²) in [5, 5.41) is 7.59. The Kier molecular flexibility index (Phi) is 9.04. The molecule has 1 aliphatic rings. The third-order valence-corrected chi connectivity index (χ3v) is 7.63. The minimum atomic E-state index is -4.76. The molecule has 9 nitrogen and oxygen atoms in total. The molecule has 0 bridgehead atoms. The third kappa shape index (κ3) is 7.46. The van der Waals surface area contributed by atoms with Gasteiger partial charge in [0.2, 0.25) is 5.91 Å². The molecule has 0 spiro atoms. The molecule has 5 rings (SSSR count). The predicted molar refractivity (Wildman–Crippen MR) is 163 cm³/mol. The lowest BCUT2D eigenvalue weighted by atomic mass is 9.98. The maximum absolute atomic E-state index is 12.8. The Morgan fingerprint density at radius 1 is 1.11 bits per heavy atom. The molecule has 0 atom stereocenters. The number of halogens is 3.